The van der Waals surface area contributed by atoms with Gasteiger partial charge in [0.2, 0.25) is 0 Å². The Balaban J connectivity index is 1.22. The highest BCUT2D eigenvalue weighted by Gasteiger charge is 2.47. The number of rotatable bonds is 5. The number of piperidine rings is 1. The fraction of sp³-hybridized carbons (Fsp3) is 0.950. The van der Waals surface area contributed by atoms with Gasteiger partial charge in [0, 0.05) is 77.8 Å². The fourth-order valence-corrected chi connectivity index (χ4v) is 5.02. The van der Waals surface area contributed by atoms with Crippen LogP contribution in [0.15, 0.2) is 0 Å². The van der Waals surface area contributed by atoms with Gasteiger partial charge in [0.1, 0.15) is 5.60 Å². The molecule has 0 aromatic heterocycles. The monoisotopic (exact) mass is 380 g/mol. The van der Waals surface area contributed by atoms with Crippen molar-refractivity contribution in [3.63, 3.8) is 0 Å². The van der Waals surface area contributed by atoms with E-state index in [2.05, 4.69) is 21.6 Å². The second-order valence-electron chi connectivity index (χ2n) is 8.66. The number of likely N-dealkylation sites (N-methyl/N-ethyl adjacent to an activating group) is 1. The van der Waals surface area contributed by atoms with Crippen molar-refractivity contribution in [2.24, 2.45) is 0 Å². The van der Waals surface area contributed by atoms with Gasteiger partial charge in [-0.3, -0.25) is 9.80 Å². The summed E-state index contributed by atoms with van der Waals surface area (Å²) in [6, 6.07) is 0.561. The van der Waals surface area contributed by atoms with Crippen LogP contribution in [-0.2, 0) is 9.47 Å². The molecule has 1 atom stereocenters. The molecule has 0 aliphatic carbocycles. The van der Waals surface area contributed by atoms with Gasteiger partial charge in [0.05, 0.1) is 13.2 Å². The van der Waals surface area contributed by atoms with Crippen LogP contribution in [0.5, 0.6) is 0 Å². The average Bonchev–Trinajstić information content (AvgIpc) is 3.03. The molecule has 0 N–H and O–H groups in total. The van der Waals surface area contributed by atoms with Gasteiger partial charge in [0.15, 0.2) is 0 Å². The zero-order chi connectivity index (χ0) is 18.7. The summed E-state index contributed by atoms with van der Waals surface area (Å²) >= 11 is 0. The predicted octanol–water partition coefficient (Wildman–Crippen LogP) is 1.09. The van der Waals surface area contributed by atoms with Gasteiger partial charge in [-0.25, -0.2) is 4.79 Å². The molecular weight excluding hydrogens is 344 g/mol. The molecule has 154 valence electrons. The lowest BCUT2D eigenvalue weighted by Gasteiger charge is -2.42. The zero-order valence-electron chi connectivity index (χ0n) is 16.9. The molecule has 1 spiro atoms. The third-order valence-corrected chi connectivity index (χ3v) is 7.00. The molecule has 4 aliphatic heterocycles. The third kappa shape index (κ3) is 4.58. The summed E-state index contributed by atoms with van der Waals surface area (Å²) in [6.45, 7) is 14.2. The second kappa shape index (κ2) is 8.64. The summed E-state index contributed by atoms with van der Waals surface area (Å²) in [6.07, 6.45) is 4.23. The molecule has 0 aromatic carbocycles. The summed E-state index contributed by atoms with van der Waals surface area (Å²) in [5, 5.41) is 0. The molecule has 4 fully saturated rings. The Hall–Kier alpha value is -0.890. The minimum absolute atomic E-state index is 0.100. The minimum Gasteiger partial charge on any atom is -0.441 e. The summed E-state index contributed by atoms with van der Waals surface area (Å²) in [7, 11) is 0. The lowest BCUT2D eigenvalue weighted by molar-refractivity contribution is -0.0389. The molecule has 0 bridgehead atoms. The molecule has 1 unspecified atom stereocenters. The zero-order valence-corrected chi connectivity index (χ0v) is 16.9. The van der Waals surface area contributed by atoms with Gasteiger partial charge < -0.3 is 19.3 Å². The van der Waals surface area contributed by atoms with E-state index < -0.39 is 0 Å². The Morgan fingerprint density at radius 1 is 1.04 bits per heavy atom. The van der Waals surface area contributed by atoms with Crippen LogP contribution in [0.1, 0.15) is 32.6 Å². The molecular formula is C20H36N4O3. The van der Waals surface area contributed by atoms with Gasteiger partial charge in [-0.1, -0.05) is 6.92 Å². The first-order valence-electron chi connectivity index (χ1n) is 10.9. The number of hydrogen-bond donors (Lipinski definition) is 0. The van der Waals surface area contributed by atoms with Gasteiger partial charge in [-0.2, -0.15) is 0 Å². The van der Waals surface area contributed by atoms with Crippen LogP contribution in [0.4, 0.5) is 4.79 Å². The van der Waals surface area contributed by atoms with Gasteiger partial charge >= 0.3 is 6.09 Å². The number of piperazine rings is 1. The summed E-state index contributed by atoms with van der Waals surface area (Å²) < 4.78 is 11.6. The number of nitrogens with zero attached hydrogens (tertiary/aromatic N) is 4. The number of likely N-dealkylation sites (tertiary alicyclic amines) is 1. The molecule has 1 amide bonds. The Labute approximate surface area is 163 Å². The Morgan fingerprint density at radius 3 is 2.44 bits per heavy atom. The van der Waals surface area contributed by atoms with E-state index in [1.807, 2.05) is 4.90 Å². The molecule has 0 radical (unpaired) electrons. The van der Waals surface area contributed by atoms with Crippen molar-refractivity contribution in [3.8, 4) is 0 Å². The molecule has 4 rings (SSSR count). The second-order valence-corrected chi connectivity index (χ2v) is 8.66. The number of amides is 1. The first-order valence-corrected chi connectivity index (χ1v) is 10.9. The van der Waals surface area contributed by atoms with E-state index in [1.165, 1.54) is 12.8 Å². The van der Waals surface area contributed by atoms with Gasteiger partial charge in [-0.15, -0.1) is 0 Å². The van der Waals surface area contributed by atoms with Crippen LogP contribution < -0.4 is 0 Å². The van der Waals surface area contributed by atoms with E-state index in [-0.39, 0.29) is 11.7 Å². The van der Waals surface area contributed by atoms with E-state index in [0.29, 0.717) is 6.04 Å². The number of ether oxygens (including phenoxy) is 2. The topological polar surface area (TPSA) is 48.5 Å². The van der Waals surface area contributed by atoms with Crippen molar-refractivity contribution >= 4 is 6.09 Å². The number of carbonyl (C=O) groups is 1. The first kappa shape index (κ1) is 19.4. The Kier molecular flexibility index (Phi) is 6.21. The molecule has 4 saturated heterocycles. The van der Waals surface area contributed by atoms with Crippen LogP contribution in [0.25, 0.3) is 0 Å². The summed E-state index contributed by atoms with van der Waals surface area (Å²) in [5.74, 6) is 0. The van der Waals surface area contributed by atoms with Crippen molar-refractivity contribution in [2.45, 2.75) is 44.2 Å². The van der Waals surface area contributed by atoms with Crippen molar-refractivity contribution in [2.75, 3.05) is 78.7 Å². The van der Waals surface area contributed by atoms with Crippen molar-refractivity contribution in [3.05, 3.63) is 0 Å². The van der Waals surface area contributed by atoms with E-state index in [0.717, 1.165) is 91.5 Å². The van der Waals surface area contributed by atoms with Crippen molar-refractivity contribution in [1.29, 1.82) is 0 Å². The van der Waals surface area contributed by atoms with Crippen LogP contribution in [0.3, 0.4) is 0 Å². The molecule has 0 aromatic rings. The highest BCUT2D eigenvalue weighted by Crippen LogP contribution is 2.34. The van der Waals surface area contributed by atoms with E-state index in [4.69, 9.17) is 9.47 Å². The van der Waals surface area contributed by atoms with E-state index >= 15 is 0 Å². The lowest BCUT2D eigenvalue weighted by Crippen LogP contribution is -2.52. The van der Waals surface area contributed by atoms with E-state index in [9.17, 15) is 4.79 Å². The van der Waals surface area contributed by atoms with Gasteiger partial charge in [0.25, 0.3) is 0 Å². The van der Waals surface area contributed by atoms with Crippen molar-refractivity contribution < 1.29 is 14.3 Å². The standard InChI is InChI=1S/C20H36N4O3/c1-2-21-9-11-22(12-10-21)13-14-24-17-20(27-19(24)25)5-7-23(8-6-20)18-4-3-15-26-16-18/h18H,2-17H2,1H3. The lowest BCUT2D eigenvalue weighted by atomic mass is 9.90. The van der Waals surface area contributed by atoms with Gasteiger partial charge in [-0.05, 0) is 19.4 Å². The average molecular weight is 381 g/mol. The molecule has 27 heavy (non-hydrogen) atoms. The normalized spacial score (nSPS) is 30.8. The Morgan fingerprint density at radius 2 is 1.78 bits per heavy atom. The SMILES string of the molecule is CCN1CCN(CCN2CC3(CCN(C4CCCOC4)CC3)OC2=O)CC1. The quantitative estimate of drug-likeness (QED) is 0.712. The highest BCUT2D eigenvalue weighted by atomic mass is 16.6. The summed E-state index contributed by atoms with van der Waals surface area (Å²) in [4.78, 5) is 21.9. The third-order valence-electron chi connectivity index (χ3n) is 7.00. The fourth-order valence-electron chi connectivity index (χ4n) is 5.02. The van der Waals surface area contributed by atoms with E-state index in [1.54, 1.807) is 0 Å². The molecule has 4 heterocycles. The predicted molar refractivity (Wildman–Crippen MR) is 104 cm³/mol. The molecule has 7 heteroatoms. The van der Waals surface area contributed by atoms with Crippen LogP contribution in [-0.4, -0.2) is 116 Å². The smallest absolute Gasteiger partial charge is 0.410 e. The molecule has 0 saturated carbocycles. The molecule has 4 aliphatic rings. The maximum Gasteiger partial charge on any atom is 0.410 e. The van der Waals surface area contributed by atoms with Crippen molar-refractivity contribution in [1.82, 2.24) is 19.6 Å². The largest absolute Gasteiger partial charge is 0.441 e. The Bertz CT molecular complexity index is 495. The maximum absolute atomic E-state index is 12.4. The first-order chi connectivity index (χ1) is 13.2. The number of carbonyl (C=O) groups excluding carboxylic acids is 1. The minimum atomic E-state index is -0.246. The van der Waals surface area contributed by atoms with Crippen LogP contribution in [0.2, 0.25) is 0 Å². The number of hydrogen-bond acceptors (Lipinski definition) is 6. The van der Waals surface area contributed by atoms with Crippen LogP contribution >= 0.6 is 0 Å². The molecule has 7 nitrogen and oxygen atoms in total. The highest BCUT2D eigenvalue weighted by molar-refractivity contribution is 5.70. The maximum atomic E-state index is 12.4. The summed E-state index contributed by atoms with van der Waals surface area (Å²) in [5.41, 5.74) is -0.246. The van der Waals surface area contributed by atoms with Crippen LogP contribution in [0, 0.1) is 0 Å².